The van der Waals surface area contributed by atoms with Crippen molar-refractivity contribution in [1.82, 2.24) is 44.7 Å². The number of piperazine rings is 1. The summed E-state index contributed by atoms with van der Waals surface area (Å²) in [6, 6.07) is 21.3. The van der Waals surface area contributed by atoms with Crippen LogP contribution >= 0.6 is 0 Å². The van der Waals surface area contributed by atoms with E-state index >= 15 is 4.39 Å². The molecule has 21 heteroatoms. The first-order chi connectivity index (χ1) is 35.7. The number of anilines is 1. The molecule has 9 rings (SSSR count). The van der Waals surface area contributed by atoms with Crippen molar-refractivity contribution in [2.75, 3.05) is 64.8 Å². The molecule has 1 saturated carbocycles. The van der Waals surface area contributed by atoms with Gasteiger partial charge in [0, 0.05) is 109 Å². The number of para-hydroxylation sites is 1. The Morgan fingerprint density at radius 3 is 2.45 bits per heavy atom. The van der Waals surface area contributed by atoms with Gasteiger partial charge in [-0.2, -0.15) is 29.4 Å². The molecular weight excluding hydrogens is 1040 g/mol. The van der Waals surface area contributed by atoms with Gasteiger partial charge < -0.3 is 46.8 Å². The molecule has 2 atom stereocenters. The maximum Gasteiger partial charge on any atom is 0.252 e. The van der Waals surface area contributed by atoms with Crippen LogP contribution in [0.3, 0.4) is 0 Å². The van der Waals surface area contributed by atoms with E-state index in [9.17, 15) is 24.0 Å². The van der Waals surface area contributed by atoms with Gasteiger partial charge in [-0.05, 0) is 57.4 Å². The first kappa shape index (κ1) is 57.5. The molecule has 1 radical (unpaired) electrons. The first-order valence-corrected chi connectivity index (χ1v) is 24.4. The summed E-state index contributed by atoms with van der Waals surface area (Å²) in [6.07, 6.45) is 5.41. The van der Waals surface area contributed by atoms with Gasteiger partial charge in [-0.1, -0.05) is 29.8 Å². The number of hydrogen-bond donors (Lipinski definition) is 2. The van der Waals surface area contributed by atoms with Gasteiger partial charge in [-0.15, -0.1) is 5.56 Å². The summed E-state index contributed by atoms with van der Waals surface area (Å²) >= 11 is 0. The molecule has 3 amide bonds. The number of nitrogens with one attached hydrogen (secondary N) is 1. The fraction of sp³-hybridized carbons (Fsp3) is 0.389. The van der Waals surface area contributed by atoms with E-state index in [1.807, 2.05) is 38.8 Å². The van der Waals surface area contributed by atoms with Gasteiger partial charge in [0.25, 0.3) is 5.91 Å². The van der Waals surface area contributed by atoms with Crippen LogP contribution in [0.4, 0.5) is 10.2 Å². The molecule has 1 aliphatic carbocycles. The number of carbonyl (C=O) groups is 6. The molecule has 1 unspecified atom stereocenters. The summed E-state index contributed by atoms with van der Waals surface area (Å²) in [5.74, 6) is -0.377. The minimum atomic E-state index is -0.547. The van der Waals surface area contributed by atoms with E-state index in [2.05, 4.69) is 42.9 Å². The molecule has 5 aromatic rings. The molecule has 3 N–H and O–H groups in total. The number of ketones is 2. The molecule has 391 valence electrons. The van der Waals surface area contributed by atoms with Crippen molar-refractivity contribution >= 4 is 52.9 Å². The van der Waals surface area contributed by atoms with Crippen LogP contribution in [-0.4, -0.2) is 152 Å². The van der Waals surface area contributed by atoms with E-state index in [4.69, 9.17) is 31.7 Å². The average molecular weight is 1100 g/mol. The maximum atomic E-state index is 15.7. The number of benzene rings is 3. The van der Waals surface area contributed by atoms with Crippen molar-refractivity contribution in [2.24, 2.45) is 0 Å². The molecule has 2 saturated heterocycles. The van der Waals surface area contributed by atoms with Crippen molar-refractivity contribution in [3.8, 4) is 22.8 Å². The van der Waals surface area contributed by atoms with Crippen molar-refractivity contribution in [2.45, 2.75) is 76.7 Å². The van der Waals surface area contributed by atoms with Gasteiger partial charge in [0.1, 0.15) is 47.7 Å². The number of Topliss-reactive ketones (excluding diaryl/α,β-unsaturated/α-hetero) is 2. The van der Waals surface area contributed by atoms with Gasteiger partial charge in [-0.25, -0.2) is 23.9 Å². The second kappa shape index (κ2) is 26.6. The third kappa shape index (κ3) is 14.1. The van der Waals surface area contributed by atoms with E-state index in [1.54, 1.807) is 63.0 Å². The standard InChI is InChI=1S/C39H46FN10O4.C14H12NO3.CH2O.Y/c1-27(51)43-14-21-53-22-20-47-16-18-48(19-17-47)39(2,3)24-33(42-4)38(52)49-15-8-9-28(49)25-50-37-34(36(41)44-26-45-37)35(46-50)31-13-12-30(23-32(31)40)54-29-10-6-5-7-11-29;16-10-5-6-12(13(17)7-10)15-8-9-3-1-2-4-11(9)14(15)18;1-2;/h5-7,10-13,23-24,26,28H,1,8-9,14-22,25H2,2-3H3,(H,43,51)(H2,41,44,45);1-2,4,12H,5-8H2;1H2;/q2*-1;;/b33-24-;;;/t28-;;;/m0.../s1. The number of aromatic nitrogens is 4. The van der Waals surface area contributed by atoms with Crippen LogP contribution in [0.25, 0.3) is 27.1 Å². The molecular formula is C54H60FN11O8Y-2. The SMILES string of the molecule is C=O.O=C1CCC(N2Cc3[c-]cccc3C2=O)C(=O)C1.[C-]#[N+]/C(=C\C(C)(C)N1CCN(CCOCCNC([CH2-])=O)CC1)C(=O)N1CCC[C@H]1Cn1nc(-c2ccc(Oc3ccccc3)cc2F)c2c(N)ncnc21.[Y]. The zero-order valence-corrected chi connectivity index (χ0v) is 45.1. The fourth-order valence-corrected chi connectivity index (χ4v) is 9.68. The Labute approximate surface area is 460 Å². The largest absolute Gasteiger partial charge is 0.457 e. The Morgan fingerprint density at radius 1 is 1.00 bits per heavy atom. The minimum Gasteiger partial charge on any atom is -0.457 e. The number of nitrogens with zero attached hydrogens (tertiary/aromatic N) is 9. The number of nitrogen functional groups attached to an aromatic ring is 1. The number of carbonyl (C=O) groups excluding carboxylic acids is 6. The second-order valence-electron chi connectivity index (χ2n) is 18.7. The van der Waals surface area contributed by atoms with E-state index in [1.165, 1.54) is 12.4 Å². The molecule has 2 aromatic heterocycles. The Bertz CT molecular complexity index is 2920. The third-order valence-electron chi connectivity index (χ3n) is 13.5. The number of likely N-dealkylation sites (tertiary alicyclic amines) is 1. The van der Waals surface area contributed by atoms with Crippen LogP contribution < -0.4 is 15.8 Å². The quantitative estimate of drug-likeness (QED) is 0.0603. The molecule has 19 nitrogen and oxygen atoms in total. The molecule has 0 spiro atoms. The maximum absolute atomic E-state index is 15.7. The summed E-state index contributed by atoms with van der Waals surface area (Å²) in [5, 5.41) is 7.82. The minimum absolute atomic E-state index is 0. The van der Waals surface area contributed by atoms with Gasteiger partial charge in [0.2, 0.25) is 5.70 Å². The summed E-state index contributed by atoms with van der Waals surface area (Å²) in [5.41, 5.74) is 8.26. The van der Waals surface area contributed by atoms with Crippen LogP contribution in [0.5, 0.6) is 11.5 Å². The molecule has 3 aromatic carbocycles. The number of fused-ring (bicyclic) bond motifs is 2. The molecule has 3 fully saturated rings. The average Bonchev–Trinajstić information content (AvgIpc) is 4.11. The van der Waals surface area contributed by atoms with Crippen LogP contribution in [0, 0.1) is 25.4 Å². The van der Waals surface area contributed by atoms with Gasteiger partial charge in [-0.3, -0.25) is 29.0 Å². The molecule has 5 heterocycles. The van der Waals surface area contributed by atoms with E-state index in [0.29, 0.717) is 85.9 Å². The van der Waals surface area contributed by atoms with Gasteiger partial charge in [0.15, 0.2) is 17.3 Å². The Kier molecular flexibility index (Phi) is 20.4. The molecule has 3 aliphatic heterocycles. The number of ether oxygens (including phenoxy) is 2. The van der Waals surface area contributed by atoms with Gasteiger partial charge >= 0.3 is 0 Å². The third-order valence-corrected chi connectivity index (χ3v) is 13.5. The van der Waals surface area contributed by atoms with Crippen LogP contribution in [0.15, 0.2) is 84.8 Å². The van der Waals surface area contributed by atoms with E-state index in [0.717, 1.165) is 44.7 Å². The van der Waals surface area contributed by atoms with E-state index < -0.39 is 17.4 Å². The Hall–Kier alpha value is -6.76. The Balaban J connectivity index is 0.000000363. The molecule has 4 aliphatic rings. The fourth-order valence-electron chi connectivity index (χ4n) is 9.68. The zero-order valence-electron chi connectivity index (χ0n) is 42.2. The van der Waals surface area contributed by atoms with Crippen molar-refractivity contribution < 1.29 is 75.3 Å². The number of rotatable bonds is 15. The number of amides is 3. The summed E-state index contributed by atoms with van der Waals surface area (Å²) in [4.78, 5) is 88.4. The predicted octanol–water partition coefficient (Wildman–Crippen LogP) is 5.11. The van der Waals surface area contributed by atoms with Crippen LogP contribution in [0.2, 0.25) is 0 Å². The predicted molar refractivity (Wildman–Crippen MR) is 272 cm³/mol. The van der Waals surface area contributed by atoms with Crippen molar-refractivity contribution in [1.29, 1.82) is 0 Å². The van der Waals surface area contributed by atoms with Crippen LogP contribution in [0.1, 0.15) is 61.9 Å². The van der Waals surface area contributed by atoms with E-state index in [-0.39, 0.29) is 98.1 Å². The summed E-state index contributed by atoms with van der Waals surface area (Å²) in [6.45, 7) is 24.0. The normalized spacial score (nSPS) is 18.0. The number of nitrogens with two attached hydrogens (primary N) is 1. The van der Waals surface area contributed by atoms with Gasteiger partial charge in [0.05, 0.1) is 56.1 Å². The number of halogens is 1. The topological polar surface area (TPSA) is 220 Å². The zero-order chi connectivity index (χ0) is 52.9. The van der Waals surface area contributed by atoms with Crippen molar-refractivity contribution in [3.05, 3.63) is 126 Å². The second-order valence-corrected chi connectivity index (χ2v) is 18.7. The van der Waals surface area contributed by atoms with Crippen LogP contribution in [-0.2, 0) is 74.5 Å². The Morgan fingerprint density at radius 2 is 1.76 bits per heavy atom. The van der Waals surface area contributed by atoms with Crippen molar-refractivity contribution in [3.63, 3.8) is 0 Å². The number of hydrogen-bond acceptors (Lipinski definition) is 14. The molecule has 75 heavy (non-hydrogen) atoms. The smallest absolute Gasteiger partial charge is 0.252 e. The summed E-state index contributed by atoms with van der Waals surface area (Å²) < 4.78 is 28.8. The first-order valence-electron chi connectivity index (χ1n) is 24.4. The molecule has 0 bridgehead atoms. The summed E-state index contributed by atoms with van der Waals surface area (Å²) in [7, 11) is 0. The monoisotopic (exact) mass is 1100 g/mol.